The van der Waals surface area contributed by atoms with E-state index in [0.29, 0.717) is 28.7 Å². The van der Waals surface area contributed by atoms with Crippen LogP contribution in [-0.2, 0) is 14.1 Å². The van der Waals surface area contributed by atoms with E-state index >= 15 is 0 Å². The Hall–Kier alpha value is -2.52. The van der Waals surface area contributed by atoms with Crippen molar-refractivity contribution >= 4 is 24.2 Å². The third kappa shape index (κ3) is 9.26. The molecule has 0 amide bonds. The summed E-state index contributed by atoms with van der Waals surface area (Å²) in [7, 11) is -4.37. The Labute approximate surface area is 241 Å². The minimum atomic E-state index is -4.37. The van der Waals surface area contributed by atoms with Crippen molar-refractivity contribution in [1.29, 1.82) is 0 Å². The van der Waals surface area contributed by atoms with Crippen LogP contribution in [0.3, 0.4) is 0 Å². The number of ether oxygens (including phenoxy) is 1. The van der Waals surface area contributed by atoms with Crippen LogP contribution in [0.15, 0.2) is 24.3 Å². The van der Waals surface area contributed by atoms with E-state index in [9.17, 15) is 18.9 Å². The van der Waals surface area contributed by atoms with Crippen molar-refractivity contribution in [2.45, 2.75) is 113 Å². The van der Waals surface area contributed by atoms with Crippen LogP contribution in [0.25, 0.3) is 0 Å². The van der Waals surface area contributed by atoms with Crippen molar-refractivity contribution < 1.29 is 23.7 Å². The Kier molecular flexibility index (Phi) is 13.5. The summed E-state index contributed by atoms with van der Waals surface area (Å²) in [5.74, 6) is -0.759. The summed E-state index contributed by atoms with van der Waals surface area (Å²) in [5.41, 5.74) is 3.50. The fourth-order valence-corrected chi connectivity index (χ4v) is 7.99. The topological polar surface area (TPSA) is 77.5 Å². The van der Waals surface area contributed by atoms with Crippen molar-refractivity contribution in [1.82, 2.24) is 0 Å². The van der Waals surface area contributed by atoms with E-state index in [-0.39, 0.29) is 17.7 Å². The van der Waals surface area contributed by atoms with Gasteiger partial charge in [-0.2, -0.15) is 0 Å². The predicted octanol–water partition coefficient (Wildman–Crippen LogP) is 9.34. The molecule has 5 nitrogen and oxygen atoms in total. The van der Waals surface area contributed by atoms with Crippen LogP contribution in [0.1, 0.15) is 125 Å². The van der Waals surface area contributed by atoms with Crippen LogP contribution in [0.2, 0.25) is 0 Å². The van der Waals surface area contributed by atoms with Crippen LogP contribution in [0.5, 0.6) is 0 Å². The van der Waals surface area contributed by atoms with Gasteiger partial charge in [-0.05, 0) is 70.2 Å². The maximum atomic E-state index is 14.5. The van der Waals surface area contributed by atoms with Crippen molar-refractivity contribution in [2.75, 3.05) is 12.8 Å². The molecule has 2 aromatic rings. The van der Waals surface area contributed by atoms with E-state index in [2.05, 4.69) is 6.92 Å². The zero-order valence-corrected chi connectivity index (χ0v) is 26.7. The van der Waals surface area contributed by atoms with Gasteiger partial charge in [0.1, 0.15) is 6.16 Å². The minimum absolute atomic E-state index is 0.197. The molecule has 0 radical (unpaired) electrons. The molecule has 2 aromatic carbocycles. The summed E-state index contributed by atoms with van der Waals surface area (Å²) in [6.07, 6.45) is 10.9. The number of hydrogen-bond acceptors (Lipinski definition) is 5. The molecule has 0 aliphatic rings. The van der Waals surface area contributed by atoms with Crippen LogP contribution < -0.4 is 0 Å². The molecule has 0 unspecified atom stereocenters. The Morgan fingerprint density at radius 2 is 0.950 bits per heavy atom. The lowest BCUT2D eigenvalue weighted by atomic mass is 10.0. The molecule has 0 aromatic heterocycles. The van der Waals surface area contributed by atoms with Gasteiger partial charge in [0.15, 0.2) is 0 Å². The molecule has 0 aliphatic heterocycles. The first kappa shape index (κ1) is 33.7. The molecule has 0 aliphatic carbocycles. The average molecular weight is 569 g/mol. The highest BCUT2D eigenvalue weighted by molar-refractivity contribution is 7.96. The van der Waals surface area contributed by atoms with Crippen LogP contribution in [0, 0.1) is 41.5 Å². The molecule has 0 N–H and O–H groups in total. The van der Waals surface area contributed by atoms with Crippen LogP contribution >= 0.6 is 7.14 Å². The largest absolute Gasteiger partial charge is 0.465 e. The number of hydrogen-bond donors (Lipinski definition) is 0. The number of carbonyl (C=O) groups is 3. The second kappa shape index (κ2) is 16.1. The number of aryl methyl sites for hydroxylation is 6. The maximum Gasteiger partial charge on any atom is 0.314 e. The highest BCUT2D eigenvalue weighted by atomic mass is 31.2. The van der Waals surface area contributed by atoms with E-state index in [1.165, 1.54) is 44.9 Å². The quantitative estimate of drug-likeness (QED) is 0.108. The van der Waals surface area contributed by atoms with Crippen molar-refractivity contribution in [3.8, 4) is 0 Å². The Balaban J connectivity index is 2.14. The highest BCUT2D eigenvalue weighted by Crippen LogP contribution is 2.53. The van der Waals surface area contributed by atoms with Gasteiger partial charge in [0.25, 0.3) is 0 Å². The Morgan fingerprint density at radius 3 is 1.32 bits per heavy atom. The molecule has 0 bridgehead atoms. The van der Waals surface area contributed by atoms with Gasteiger partial charge in [0.2, 0.25) is 18.2 Å². The number of benzene rings is 2. The van der Waals surface area contributed by atoms with Gasteiger partial charge in [-0.15, -0.1) is 0 Å². The summed E-state index contributed by atoms with van der Waals surface area (Å²) in [6.45, 7) is 13.3. The SMILES string of the molecule is CCCCCCCCCCCCOC(=O)CP(=O)(C(=O)c1c(C)cc(C)cc1C)C(=O)c1c(C)cc(C)cc1C. The number of esters is 1. The van der Waals surface area contributed by atoms with E-state index < -0.39 is 30.3 Å². The third-order valence-corrected chi connectivity index (χ3v) is 10.0. The van der Waals surface area contributed by atoms with Gasteiger partial charge in [0, 0.05) is 11.1 Å². The molecule has 220 valence electrons. The monoisotopic (exact) mass is 568 g/mol. The summed E-state index contributed by atoms with van der Waals surface area (Å²) < 4.78 is 19.9. The fraction of sp³-hybridized carbons (Fsp3) is 0.559. The van der Waals surface area contributed by atoms with E-state index in [1.54, 1.807) is 27.7 Å². The first-order valence-electron chi connectivity index (χ1n) is 14.9. The summed E-state index contributed by atoms with van der Waals surface area (Å²) in [5, 5.41) is 0. The van der Waals surface area contributed by atoms with Gasteiger partial charge >= 0.3 is 5.97 Å². The zero-order chi connectivity index (χ0) is 29.9. The van der Waals surface area contributed by atoms with Gasteiger partial charge in [-0.25, -0.2) is 0 Å². The normalized spacial score (nSPS) is 11.5. The molecule has 2 rings (SSSR count). The van der Waals surface area contributed by atoms with E-state index in [4.69, 9.17) is 4.74 Å². The van der Waals surface area contributed by atoms with E-state index in [0.717, 1.165) is 24.0 Å². The molecule has 0 spiro atoms. The molecular weight excluding hydrogens is 519 g/mol. The standard InChI is InChI=1S/C34H49O5P/c1-8-9-10-11-12-13-14-15-16-17-18-39-30(35)23-40(38,33(36)31-26(4)19-24(2)20-27(31)5)34(37)32-28(6)21-25(3)22-29(32)7/h19-22H,8-18,23H2,1-7H3. The summed E-state index contributed by atoms with van der Waals surface area (Å²) in [6, 6.07) is 7.34. The Morgan fingerprint density at radius 1 is 0.600 bits per heavy atom. The van der Waals surface area contributed by atoms with Crippen LogP contribution in [0.4, 0.5) is 0 Å². The second-order valence-corrected chi connectivity index (χ2v) is 14.1. The first-order valence-corrected chi connectivity index (χ1v) is 16.8. The molecule has 0 saturated carbocycles. The van der Waals surface area contributed by atoms with Gasteiger partial charge in [0.05, 0.1) is 6.61 Å². The average Bonchev–Trinajstić information content (AvgIpc) is 2.85. The molecule has 0 atom stereocenters. The van der Waals surface area contributed by atoms with Gasteiger partial charge < -0.3 is 9.30 Å². The third-order valence-electron chi connectivity index (χ3n) is 7.55. The number of unbranched alkanes of at least 4 members (excludes halogenated alkanes) is 9. The Bertz CT molecular complexity index is 1120. The molecule has 0 heterocycles. The van der Waals surface area contributed by atoms with Crippen LogP contribution in [-0.4, -0.2) is 29.8 Å². The molecule has 6 heteroatoms. The minimum Gasteiger partial charge on any atom is -0.465 e. The van der Waals surface area contributed by atoms with E-state index in [1.807, 2.05) is 38.1 Å². The molecule has 40 heavy (non-hydrogen) atoms. The molecular formula is C34H49O5P. The number of rotatable bonds is 17. The van der Waals surface area contributed by atoms with Crippen molar-refractivity contribution in [2.24, 2.45) is 0 Å². The lowest BCUT2D eigenvalue weighted by molar-refractivity contribution is -0.140. The summed E-state index contributed by atoms with van der Waals surface area (Å²) >= 11 is 0. The summed E-state index contributed by atoms with van der Waals surface area (Å²) in [4.78, 5) is 40.8. The number of carbonyl (C=O) groups excluding carboxylic acids is 3. The highest BCUT2D eigenvalue weighted by Gasteiger charge is 2.45. The van der Waals surface area contributed by atoms with Gasteiger partial charge in [-0.1, -0.05) is 100 Å². The van der Waals surface area contributed by atoms with Crippen molar-refractivity contribution in [3.63, 3.8) is 0 Å². The van der Waals surface area contributed by atoms with Crippen molar-refractivity contribution in [3.05, 3.63) is 68.8 Å². The zero-order valence-electron chi connectivity index (χ0n) is 25.8. The molecule has 0 saturated heterocycles. The lowest BCUT2D eigenvalue weighted by Gasteiger charge is -2.20. The maximum absolute atomic E-state index is 14.5. The smallest absolute Gasteiger partial charge is 0.314 e. The first-order chi connectivity index (χ1) is 18.9. The lowest BCUT2D eigenvalue weighted by Crippen LogP contribution is -2.22. The fourth-order valence-electron chi connectivity index (χ4n) is 5.63. The molecule has 0 fully saturated rings. The van der Waals surface area contributed by atoms with Gasteiger partial charge in [-0.3, -0.25) is 14.4 Å². The predicted molar refractivity (Wildman–Crippen MR) is 165 cm³/mol. The second-order valence-electron chi connectivity index (χ2n) is 11.5.